The summed E-state index contributed by atoms with van der Waals surface area (Å²) in [5.74, 6) is -0.342. The SMILES string of the molecule is COc1ccc2nc(C)c(C(=O)OCC(=O)Nc3ccc(Br)cc3C)cc2c1. The van der Waals surface area contributed by atoms with Crippen LogP contribution in [0.2, 0.25) is 0 Å². The number of esters is 1. The molecule has 1 N–H and O–H groups in total. The summed E-state index contributed by atoms with van der Waals surface area (Å²) in [5.41, 5.74) is 3.16. The van der Waals surface area contributed by atoms with Gasteiger partial charge in [0.25, 0.3) is 5.91 Å². The topological polar surface area (TPSA) is 77.5 Å². The number of aryl methyl sites for hydroxylation is 2. The van der Waals surface area contributed by atoms with Gasteiger partial charge in [-0.25, -0.2) is 4.79 Å². The van der Waals surface area contributed by atoms with Crippen molar-refractivity contribution >= 4 is 44.4 Å². The third kappa shape index (κ3) is 4.48. The maximum absolute atomic E-state index is 12.5. The largest absolute Gasteiger partial charge is 0.497 e. The monoisotopic (exact) mass is 442 g/mol. The first-order chi connectivity index (χ1) is 13.4. The number of benzene rings is 2. The van der Waals surface area contributed by atoms with Gasteiger partial charge in [-0.3, -0.25) is 9.78 Å². The molecular weight excluding hydrogens is 424 g/mol. The zero-order valence-corrected chi connectivity index (χ0v) is 17.3. The number of fused-ring (bicyclic) bond motifs is 1. The number of carbonyl (C=O) groups is 2. The Kier molecular flexibility index (Phi) is 5.94. The van der Waals surface area contributed by atoms with Crippen molar-refractivity contribution in [2.75, 3.05) is 19.0 Å². The van der Waals surface area contributed by atoms with Crippen molar-refractivity contribution in [3.63, 3.8) is 0 Å². The maximum atomic E-state index is 12.5. The Labute approximate surface area is 171 Å². The molecule has 28 heavy (non-hydrogen) atoms. The summed E-state index contributed by atoms with van der Waals surface area (Å²) in [6, 6.07) is 12.6. The number of rotatable bonds is 5. The van der Waals surface area contributed by atoms with E-state index in [1.807, 2.05) is 25.1 Å². The number of hydrogen-bond acceptors (Lipinski definition) is 5. The second kappa shape index (κ2) is 8.39. The Balaban J connectivity index is 1.70. The van der Waals surface area contributed by atoms with Crippen LogP contribution in [0.5, 0.6) is 5.75 Å². The molecule has 0 aliphatic rings. The fourth-order valence-electron chi connectivity index (χ4n) is 2.75. The molecule has 0 bridgehead atoms. The molecule has 1 heterocycles. The van der Waals surface area contributed by atoms with Crippen molar-refractivity contribution in [2.45, 2.75) is 13.8 Å². The number of nitrogens with one attached hydrogen (secondary N) is 1. The molecule has 0 saturated heterocycles. The fraction of sp³-hybridized carbons (Fsp3) is 0.190. The summed E-state index contributed by atoms with van der Waals surface area (Å²) in [6.45, 7) is 3.22. The standard InChI is InChI=1S/C21H19BrN2O4/c1-12-8-15(22)4-6-18(12)24-20(25)11-28-21(26)17-10-14-9-16(27-3)5-7-19(14)23-13(17)2/h4-10H,11H2,1-3H3,(H,24,25). The lowest BCUT2D eigenvalue weighted by Gasteiger charge is -2.11. The van der Waals surface area contributed by atoms with E-state index in [0.29, 0.717) is 22.7 Å². The number of hydrogen-bond donors (Lipinski definition) is 1. The van der Waals surface area contributed by atoms with E-state index >= 15 is 0 Å². The number of aromatic nitrogens is 1. The van der Waals surface area contributed by atoms with Crippen LogP contribution < -0.4 is 10.1 Å². The number of halogens is 1. The van der Waals surface area contributed by atoms with Crippen molar-refractivity contribution in [3.8, 4) is 5.75 Å². The van der Waals surface area contributed by atoms with Crippen molar-refractivity contribution in [1.82, 2.24) is 4.98 Å². The van der Waals surface area contributed by atoms with Gasteiger partial charge >= 0.3 is 5.97 Å². The molecule has 2 aromatic carbocycles. The molecule has 1 aromatic heterocycles. The first-order valence-corrected chi connectivity index (χ1v) is 9.35. The van der Waals surface area contributed by atoms with Gasteiger partial charge in [0, 0.05) is 15.5 Å². The molecule has 3 aromatic rings. The predicted octanol–water partition coefficient (Wildman–Crippen LogP) is 4.42. The van der Waals surface area contributed by atoms with E-state index in [4.69, 9.17) is 9.47 Å². The average molecular weight is 443 g/mol. The zero-order valence-electron chi connectivity index (χ0n) is 15.7. The highest BCUT2D eigenvalue weighted by Crippen LogP contribution is 2.23. The zero-order chi connectivity index (χ0) is 20.3. The van der Waals surface area contributed by atoms with Gasteiger partial charge in [-0.15, -0.1) is 0 Å². The van der Waals surface area contributed by atoms with Crippen LogP contribution in [0.3, 0.4) is 0 Å². The third-order valence-corrected chi connectivity index (χ3v) is 4.72. The number of ether oxygens (including phenoxy) is 2. The Morgan fingerprint density at radius 3 is 2.61 bits per heavy atom. The van der Waals surface area contributed by atoms with Gasteiger partial charge in [0.15, 0.2) is 6.61 Å². The number of methoxy groups -OCH3 is 1. The number of nitrogens with zero attached hydrogens (tertiary/aromatic N) is 1. The minimum absolute atomic E-state index is 0.313. The van der Waals surface area contributed by atoms with E-state index in [9.17, 15) is 9.59 Å². The van der Waals surface area contributed by atoms with E-state index in [0.717, 1.165) is 20.9 Å². The first kappa shape index (κ1) is 19.8. The quantitative estimate of drug-likeness (QED) is 0.591. The van der Waals surface area contributed by atoms with E-state index in [-0.39, 0.29) is 6.61 Å². The lowest BCUT2D eigenvalue weighted by atomic mass is 10.1. The normalized spacial score (nSPS) is 10.6. The first-order valence-electron chi connectivity index (χ1n) is 8.56. The summed E-state index contributed by atoms with van der Waals surface area (Å²) in [7, 11) is 1.57. The molecule has 0 aliphatic carbocycles. The summed E-state index contributed by atoms with van der Waals surface area (Å²) in [5, 5.41) is 3.49. The molecule has 1 amide bonds. The molecule has 0 atom stereocenters. The summed E-state index contributed by atoms with van der Waals surface area (Å²) in [6.07, 6.45) is 0. The van der Waals surface area contributed by atoms with Crippen molar-refractivity contribution in [2.24, 2.45) is 0 Å². The fourth-order valence-corrected chi connectivity index (χ4v) is 3.22. The van der Waals surface area contributed by atoms with Gasteiger partial charge in [0.2, 0.25) is 0 Å². The molecule has 0 radical (unpaired) electrons. The molecule has 0 unspecified atom stereocenters. The van der Waals surface area contributed by atoms with Crippen LogP contribution in [0.25, 0.3) is 10.9 Å². The minimum Gasteiger partial charge on any atom is -0.497 e. The highest BCUT2D eigenvalue weighted by molar-refractivity contribution is 9.10. The Morgan fingerprint density at radius 1 is 1.11 bits per heavy atom. The van der Waals surface area contributed by atoms with Gasteiger partial charge in [-0.2, -0.15) is 0 Å². The van der Waals surface area contributed by atoms with Crippen LogP contribution in [-0.4, -0.2) is 30.6 Å². The molecule has 7 heteroatoms. The van der Waals surface area contributed by atoms with E-state index < -0.39 is 11.9 Å². The number of anilines is 1. The molecule has 0 saturated carbocycles. The second-order valence-electron chi connectivity index (χ2n) is 6.26. The molecule has 3 rings (SSSR count). The second-order valence-corrected chi connectivity index (χ2v) is 7.18. The van der Waals surface area contributed by atoms with Crippen LogP contribution in [0.15, 0.2) is 46.9 Å². The predicted molar refractivity (Wildman–Crippen MR) is 111 cm³/mol. The van der Waals surface area contributed by atoms with Crippen molar-refractivity contribution in [1.29, 1.82) is 0 Å². The van der Waals surface area contributed by atoms with Crippen LogP contribution >= 0.6 is 15.9 Å². The van der Waals surface area contributed by atoms with E-state index in [1.165, 1.54) is 0 Å². The summed E-state index contributed by atoms with van der Waals surface area (Å²) < 4.78 is 11.3. The molecular formula is C21H19BrN2O4. The third-order valence-electron chi connectivity index (χ3n) is 4.23. The summed E-state index contributed by atoms with van der Waals surface area (Å²) in [4.78, 5) is 29.0. The molecule has 144 valence electrons. The van der Waals surface area contributed by atoms with Crippen LogP contribution in [0.4, 0.5) is 5.69 Å². The highest BCUT2D eigenvalue weighted by Gasteiger charge is 2.15. The Morgan fingerprint density at radius 2 is 1.89 bits per heavy atom. The molecule has 0 spiro atoms. The minimum atomic E-state index is -0.600. The van der Waals surface area contributed by atoms with E-state index in [1.54, 1.807) is 38.3 Å². The summed E-state index contributed by atoms with van der Waals surface area (Å²) >= 11 is 3.38. The van der Waals surface area contributed by atoms with Crippen LogP contribution in [-0.2, 0) is 9.53 Å². The van der Waals surface area contributed by atoms with Crippen LogP contribution in [0.1, 0.15) is 21.6 Å². The van der Waals surface area contributed by atoms with Crippen molar-refractivity contribution < 1.29 is 19.1 Å². The van der Waals surface area contributed by atoms with E-state index in [2.05, 4.69) is 26.2 Å². The average Bonchev–Trinajstić information content (AvgIpc) is 2.67. The molecule has 6 nitrogen and oxygen atoms in total. The number of pyridine rings is 1. The van der Waals surface area contributed by atoms with Gasteiger partial charge in [-0.05, 0) is 61.9 Å². The Bertz CT molecular complexity index is 1070. The Hall–Kier alpha value is -2.93. The number of carbonyl (C=O) groups excluding carboxylic acids is 2. The molecule has 0 aliphatic heterocycles. The highest BCUT2D eigenvalue weighted by atomic mass is 79.9. The van der Waals surface area contributed by atoms with Crippen LogP contribution in [0, 0.1) is 13.8 Å². The lowest BCUT2D eigenvalue weighted by Crippen LogP contribution is -2.21. The van der Waals surface area contributed by atoms with Gasteiger partial charge in [0.1, 0.15) is 5.75 Å². The smallest absolute Gasteiger partial charge is 0.340 e. The number of amides is 1. The van der Waals surface area contributed by atoms with Crippen molar-refractivity contribution in [3.05, 3.63) is 63.8 Å². The maximum Gasteiger partial charge on any atom is 0.340 e. The lowest BCUT2D eigenvalue weighted by molar-refractivity contribution is -0.119. The van der Waals surface area contributed by atoms with Gasteiger partial charge in [0.05, 0.1) is 23.9 Å². The molecule has 0 fully saturated rings. The van der Waals surface area contributed by atoms with Gasteiger partial charge < -0.3 is 14.8 Å². The van der Waals surface area contributed by atoms with Gasteiger partial charge in [-0.1, -0.05) is 15.9 Å².